The monoisotopic (exact) mass is 508 g/mol. The zero-order valence-corrected chi connectivity index (χ0v) is 20.5. The van der Waals surface area contributed by atoms with Gasteiger partial charge in [-0.2, -0.15) is 13.2 Å². The van der Waals surface area contributed by atoms with Crippen molar-refractivity contribution in [2.24, 2.45) is 0 Å². The predicted molar refractivity (Wildman–Crippen MR) is 132 cm³/mol. The molecule has 0 saturated carbocycles. The van der Waals surface area contributed by atoms with Crippen LogP contribution in [0.2, 0.25) is 0 Å². The third-order valence-electron chi connectivity index (χ3n) is 5.90. The van der Waals surface area contributed by atoms with Crippen LogP contribution in [0.1, 0.15) is 49.8 Å². The van der Waals surface area contributed by atoms with Gasteiger partial charge in [0, 0.05) is 32.0 Å². The van der Waals surface area contributed by atoms with E-state index in [9.17, 15) is 18.0 Å². The van der Waals surface area contributed by atoms with E-state index in [1.165, 1.54) is 12.3 Å². The fraction of sp³-hybridized carbons (Fsp3) is 0.250. The lowest BCUT2D eigenvalue weighted by molar-refractivity contribution is -0.137. The molecule has 0 spiro atoms. The first-order valence-corrected chi connectivity index (χ1v) is 11.7. The Morgan fingerprint density at radius 1 is 0.973 bits per heavy atom. The van der Waals surface area contributed by atoms with Gasteiger partial charge in [-0.1, -0.05) is 42.0 Å². The van der Waals surface area contributed by atoms with Crippen molar-refractivity contribution in [2.45, 2.75) is 46.2 Å². The lowest BCUT2D eigenvalue weighted by atomic mass is 10.0. The van der Waals surface area contributed by atoms with E-state index < -0.39 is 11.7 Å². The number of nitrogens with one attached hydrogen (secondary N) is 1. The molecule has 1 N–H and O–H groups in total. The third-order valence-corrected chi connectivity index (χ3v) is 5.90. The number of hydrogen-bond acceptors (Lipinski definition) is 5. The van der Waals surface area contributed by atoms with Crippen molar-refractivity contribution in [3.63, 3.8) is 0 Å². The Kier molecular flexibility index (Phi) is 8.03. The lowest BCUT2D eigenvalue weighted by Crippen LogP contribution is -2.24. The molecule has 0 fully saturated rings. The number of nitrogens with zero attached hydrogens (tertiary/aromatic N) is 3. The fourth-order valence-corrected chi connectivity index (χ4v) is 3.94. The Bertz CT molecular complexity index is 1350. The molecule has 0 radical (unpaired) electrons. The summed E-state index contributed by atoms with van der Waals surface area (Å²) in [6, 6.07) is 15.0. The van der Waals surface area contributed by atoms with Crippen molar-refractivity contribution in [2.75, 3.05) is 0 Å². The SMILES string of the molecule is Cc1ccc(C)c(CN(Cc2cccc(C(F)(F)F)c2)Cc2nc(C(=O)NCc3ccncc3)co2)c1. The number of aryl methyl sites for hydroxylation is 2. The normalized spacial score (nSPS) is 11.6. The number of pyridine rings is 1. The Hall–Kier alpha value is -3.98. The molecule has 9 heteroatoms. The summed E-state index contributed by atoms with van der Waals surface area (Å²) in [5.41, 5.74) is 4.06. The van der Waals surface area contributed by atoms with E-state index in [1.807, 2.05) is 30.9 Å². The van der Waals surface area contributed by atoms with Crippen molar-refractivity contribution in [1.29, 1.82) is 0 Å². The molecule has 0 unspecified atom stereocenters. The number of hydrogen-bond donors (Lipinski definition) is 1. The summed E-state index contributed by atoms with van der Waals surface area (Å²) in [6.45, 7) is 5.22. The molecule has 192 valence electrons. The molecule has 0 saturated heterocycles. The number of carbonyl (C=O) groups is 1. The Balaban J connectivity index is 1.51. The number of oxazole rings is 1. The summed E-state index contributed by atoms with van der Waals surface area (Å²) in [5, 5.41) is 2.79. The maximum absolute atomic E-state index is 13.3. The van der Waals surface area contributed by atoms with Gasteiger partial charge >= 0.3 is 6.18 Å². The van der Waals surface area contributed by atoms with E-state index in [4.69, 9.17) is 4.42 Å². The molecular formula is C28H27F3N4O2. The van der Waals surface area contributed by atoms with Gasteiger partial charge in [-0.3, -0.25) is 14.7 Å². The summed E-state index contributed by atoms with van der Waals surface area (Å²) in [5.74, 6) is -0.0860. The maximum Gasteiger partial charge on any atom is 0.416 e. The van der Waals surface area contributed by atoms with Gasteiger partial charge < -0.3 is 9.73 Å². The van der Waals surface area contributed by atoms with Crippen molar-refractivity contribution in [3.05, 3.63) is 118 Å². The summed E-state index contributed by atoms with van der Waals surface area (Å²) < 4.78 is 45.4. The van der Waals surface area contributed by atoms with Crippen LogP contribution in [-0.2, 0) is 32.4 Å². The highest BCUT2D eigenvalue weighted by Crippen LogP contribution is 2.30. The molecule has 0 bridgehead atoms. The maximum atomic E-state index is 13.3. The van der Waals surface area contributed by atoms with Crippen molar-refractivity contribution in [3.8, 4) is 0 Å². The van der Waals surface area contributed by atoms with Crippen molar-refractivity contribution in [1.82, 2.24) is 20.2 Å². The molecular weight excluding hydrogens is 481 g/mol. The van der Waals surface area contributed by atoms with E-state index in [0.717, 1.165) is 34.4 Å². The van der Waals surface area contributed by atoms with E-state index >= 15 is 0 Å². The van der Waals surface area contributed by atoms with Gasteiger partial charge in [-0.05, 0) is 54.3 Å². The highest BCUT2D eigenvalue weighted by Gasteiger charge is 2.30. The summed E-state index contributed by atoms with van der Waals surface area (Å²) in [7, 11) is 0. The van der Waals surface area contributed by atoms with Crippen molar-refractivity contribution < 1.29 is 22.4 Å². The van der Waals surface area contributed by atoms with Crippen LogP contribution in [0.5, 0.6) is 0 Å². The number of rotatable bonds is 9. The van der Waals surface area contributed by atoms with E-state index in [-0.39, 0.29) is 24.7 Å². The van der Waals surface area contributed by atoms with Crippen LogP contribution in [0.15, 0.2) is 77.7 Å². The summed E-state index contributed by atoms with van der Waals surface area (Å²) >= 11 is 0. The van der Waals surface area contributed by atoms with Crippen LogP contribution in [0.4, 0.5) is 13.2 Å². The van der Waals surface area contributed by atoms with Gasteiger partial charge in [0.1, 0.15) is 6.26 Å². The number of aromatic nitrogens is 2. The molecule has 4 rings (SSSR count). The van der Waals surface area contributed by atoms with E-state index in [0.29, 0.717) is 24.5 Å². The van der Waals surface area contributed by atoms with Gasteiger partial charge in [0.2, 0.25) is 5.89 Å². The number of halogens is 3. The highest BCUT2D eigenvalue weighted by molar-refractivity contribution is 5.91. The molecule has 1 amide bonds. The van der Waals surface area contributed by atoms with Crippen LogP contribution in [0, 0.1) is 13.8 Å². The zero-order valence-electron chi connectivity index (χ0n) is 20.5. The molecule has 0 aliphatic carbocycles. The molecule has 2 heterocycles. The third kappa shape index (κ3) is 7.27. The predicted octanol–water partition coefficient (Wildman–Crippen LogP) is 5.84. The number of carbonyl (C=O) groups excluding carboxylic acids is 1. The number of benzene rings is 2. The molecule has 2 aromatic heterocycles. The van der Waals surface area contributed by atoms with Gasteiger partial charge in [-0.15, -0.1) is 0 Å². The topological polar surface area (TPSA) is 71.3 Å². The minimum absolute atomic E-state index is 0.134. The van der Waals surface area contributed by atoms with Crippen LogP contribution in [-0.4, -0.2) is 20.8 Å². The molecule has 4 aromatic rings. The fourth-order valence-electron chi connectivity index (χ4n) is 3.94. The lowest BCUT2D eigenvalue weighted by Gasteiger charge is -2.23. The Morgan fingerprint density at radius 2 is 1.76 bits per heavy atom. The molecule has 0 aliphatic heterocycles. The molecule has 6 nitrogen and oxygen atoms in total. The Labute approximate surface area is 213 Å². The second kappa shape index (κ2) is 11.4. The molecule has 2 aromatic carbocycles. The standard InChI is InChI=1S/C28H27F3N4O2/c1-19-6-7-20(2)23(12-19)16-35(15-22-4-3-5-24(13-22)28(29,30)31)17-26-34-25(18-37-26)27(36)33-14-21-8-10-32-11-9-21/h3-13,18H,14-17H2,1-2H3,(H,33,36). The van der Waals surface area contributed by atoms with Gasteiger partial charge in [-0.25, -0.2) is 4.98 Å². The Morgan fingerprint density at radius 3 is 2.51 bits per heavy atom. The highest BCUT2D eigenvalue weighted by atomic mass is 19.4. The summed E-state index contributed by atoms with van der Waals surface area (Å²) in [4.78, 5) is 22.8. The van der Waals surface area contributed by atoms with E-state index in [2.05, 4.69) is 21.4 Å². The first kappa shape index (κ1) is 26.1. The average molecular weight is 509 g/mol. The number of amides is 1. The van der Waals surface area contributed by atoms with Crippen LogP contribution >= 0.6 is 0 Å². The van der Waals surface area contributed by atoms with Crippen molar-refractivity contribution >= 4 is 5.91 Å². The van der Waals surface area contributed by atoms with Crippen LogP contribution in [0.3, 0.4) is 0 Å². The van der Waals surface area contributed by atoms with Gasteiger partial charge in [0.25, 0.3) is 5.91 Å². The first-order chi connectivity index (χ1) is 17.7. The smallest absolute Gasteiger partial charge is 0.416 e. The largest absolute Gasteiger partial charge is 0.447 e. The summed E-state index contributed by atoms with van der Waals surface area (Å²) in [6.07, 6.45) is 0.155. The minimum atomic E-state index is -4.42. The minimum Gasteiger partial charge on any atom is -0.447 e. The van der Waals surface area contributed by atoms with Crippen LogP contribution in [0.25, 0.3) is 0 Å². The zero-order chi connectivity index (χ0) is 26.4. The van der Waals surface area contributed by atoms with Gasteiger partial charge in [0.05, 0.1) is 12.1 Å². The first-order valence-electron chi connectivity index (χ1n) is 11.7. The van der Waals surface area contributed by atoms with Crippen LogP contribution < -0.4 is 5.32 Å². The van der Waals surface area contributed by atoms with E-state index in [1.54, 1.807) is 30.6 Å². The second-order valence-corrected chi connectivity index (χ2v) is 8.94. The second-order valence-electron chi connectivity index (χ2n) is 8.94. The molecule has 37 heavy (non-hydrogen) atoms. The van der Waals surface area contributed by atoms with Gasteiger partial charge in [0.15, 0.2) is 5.69 Å². The molecule has 0 atom stereocenters. The quantitative estimate of drug-likeness (QED) is 0.308. The molecule has 0 aliphatic rings. The average Bonchev–Trinajstić information content (AvgIpc) is 3.33. The number of alkyl halides is 3.